The third-order valence-electron chi connectivity index (χ3n) is 27.8. The van der Waals surface area contributed by atoms with Crippen molar-refractivity contribution in [1.29, 1.82) is 0 Å². The minimum Gasteiger partial charge on any atom is -0.356 e. The van der Waals surface area contributed by atoms with Crippen LogP contribution in [0.5, 0.6) is 0 Å². The van der Waals surface area contributed by atoms with Crippen LogP contribution in [0.4, 0.5) is 34.1 Å². The highest BCUT2D eigenvalue weighted by Crippen LogP contribution is 2.67. The first-order valence-corrected chi connectivity index (χ1v) is 43.8. The molecule has 0 bridgehead atoms. The van der Waals surface area contributed by atoms with Crippen molar-refractivity contribution in [2.24, 2.45) is 0 Å². The smallest absolute Gasteiger partial charge is 0.0726 e. The average molecular weight is 1600 g/mol. The molecule has 0 saturated heterocycles. The van der Waals surface area contributed by atoms with Gasteiger partial charge in [-0.2, -0.15) is 0 Å². The molecule has 588 valence electrons. The van der Waals surface area contributed by atoms with Gasteiger partial charge in [-0.1, -0.05) is 400 Å². The van der Waals surface area contributed by atoms with Crippen LogP contribution in [0, 0.1) is 0 Å². The van der Waals surface area contributed by atoms with Crippen LogP contribution in [-0.4, -0.2) is 0 Å². The highest BCUT2D eigenvalue weighted by molar-refractivity contribution is 6.06. The van der Waals surface area contributed by atoms with Gasteiger partial charge in [-0.15, -0.1) is 0 Å². The Balaban J connectivity index is 0.000000103. The van der Waals surface area contributed by atoms with Gasteiger partial charge in [-0.25, -0.2) is 0 Å². The molecular formula is C123H81N3. The second-order valence-electron chi connectivity index (χ2n) is 34.1. The lowest BCUT2D eigenvalue weighted by atomic mass is 9.70. The molecule has 0 atom stereocenters. The van der Waals surface area contributed by atoms with Crippen molar-refractivity contribution < 1.29 is 0 Å². The van der Waals surface area contributed by atoms with Crippen LogP contribution in [0.15, 0.2) is 473 Å². The first-order chi connectivity index (χ1) is 62.5. The standard InChI is InChI=1S/3C41H27N/c1-2-12-31-27(10-1)11-9-16-32(31)28-20-22-29(23-21-28)42-30-24-25-36-35-15-5-8-19-39(35)41(40(36)26-30)37-17-6-3-13-33(37)34-14-4-7-18-38(34)41;1-2-10-27(11-3-1)28-18-19-30-25-31(21-20-29(30)24-28)42-32-22-23-36-35-14-6-9-17-39(35)41(40(36)26-32)37-15-7-4-12-33(37)34-13-5-8-16-38(34)41;1-2-12-27(13-3-1)29-24-25-40(35-18-5-4-14-30(29)35)42-28-22-23-34-33-17-8-11-21-38(33)41(39(34)26-28)36-19-9-6-15-31(36)32-16-7-10-20-37(32)41/h3*1-26,42H. The van der Waals surface area contributed by atoms with Crippen molar-refractivity contribution in [3.63, 3.8) is 0 Å². The largest absolute Gasteiger partial charge is 0.356 e. The molecule has 126 heavy (non-hydrogen) atoms. The molecule has 0 fully saturated rings. The average Bonchev–Trinajstić information content (AvgIpc) is 1.52. The maximum Gasteiger partial charge on any atom is 0.0726 e. The molecule has 6 aliphatic carbocycles. The molecule has 0 heterocycles. The first-order valence-electron chi connectivity index (χ1n) is 43.8. The third-order valence-corrected chi connectivity index (χ3v) is 27.8. The Morgan fingerprint density at radius 1 is 0.127 bits per heavy atom. The van der Waals surface area contributed by atoms with Gasteiger partial charge in [-0.3, -0.25) is 0 Å². The second-order valence-corrected chi connectivity index (χ2v) is 34.1. The summed E-state index contributed by atoms with van der Waals surface area (Å²) >= 11 is 0. The first kappa shape index (κ1) is 72.6. The highest BCUT2D eigenvalue weighted by atomic mass is 14.9. The van der Waals surface area contributed by atoms with Crippen LogP contribution in [0.1, 0.15) is 66.8 Å². The molecule has 21 aromatic rings. The Labute approximate surface area is 733 Å². The summed E-state index contributed by atoms with van der Waals surface area (Å²) in [5.41, 5.74) is 45.3. The van der Waals surface area contributed by atoms with Crippen molar-refractivity contribution >= 4 is 66.4 Å². The molecule has 3 spiro atoms. The van der Waals surface area contributed by atoms with Gasteiger partial charge in [0.25, 0.3) is 0 Å². The van der Waals surface area contributed by atoms with E-state index >= 15 is 0 Å². The van der Waals surface area contributed by atoms with Crippen molar-refractivity contribution in [3.05, 3.63) is 540 Å². The molecular weight excluding hydrogens is 1520 g/mol. The molecule has 3 heteroatoms. The molecule has 6 aliphatic rings. The second kappa shape index (κ2) is 29.0. The maximum atomic E-state index is 3.84. The van der Waals surface area contributed by atoms with E-state index in [4.69, 9.17) is 0 Å². The summed E-state index contributed by atoms with van der Waals surface area (Å²) in [6, 6.07) is 173. The lowest BCUT2D eigenvalue weighted by Gasteiger charge is -2.30. The Kier molecular flexibility index (Phi) is 16.7. The zero-order valence-corrected chi connectivity index (χ0v) is 69.0. The minimum atomic E-state index is -0.337. The van der Waals surface area contributed by atoms with E-state index in [0.717, 1.165) is 34.1 Å². The van der Waals surface area contributed by atoms with E-state index in [9.17, 15) is 0 Å². The van der Waals surface area contributed by atoms with E-state index in [0.29, 0.717) is 0 Å². The summed E-state index contributed by atoms with van der Waals surface area (Å²) in [4.78, 5) is 0. The van der Waals surface area contributed by atoms with Crippen LogP contribution in [0.3, 0.4) is 0 Å². The number of benzene rings is 21. The Morgan fingerprint density at radius 2 is 0.397 bits per heavy atom. The third kappa shape index (κ3) is 11.0. The van der Waals surface area contributed by atoms with E-state index in [1.165, 1.54) is 199 Å². The van der Waals surface area contributed by atoms with Crippen LogP contribution in [0.25, 0.3) is 132 Å². The number of nitrogens with one attached hydrogen (secondary N) is 3. The van der Waals surface area contributed by atoms with Crippen LogP contribution in [-0.2, 0) is 16.2 Å². The van der Waals surface area contributed by atoms with Gasteiger partial charge in [0, 0.05) is 39.5 Å². The van der Waals surface area contributed by atoms with Crippen molar-refractivity contribution in [2.45, 2.75) is 16.2 Å². The van der Waals surface area contributed by atoms with Gasteiger partial charge in [-0.05, 0) is 267 Å². The van der Waals surface area contributed by atoms with E-state index < -0.39 is 0 Å². The van der Waals surface area contributed by atoms with Gasteiger partial charge in [0.15, 0.2) is 0 Å². The summed E-state index contributed by atoms with van der Waals surface area (Å²) in [6.45, 7) is 0. The predicted molar refractivity (Wildman–Crippen MR) is 526 cm³/mol. The Morgan fingerprint density at radius 3 is 0.833 bits per heavy atom. The van der Waals surface area contributed by atoms with Crippen molar-refractivity contribution in [3.8, 4) is 100 Å². The molecule has 0 aliphatic heterocycles. The molecule has 3 N–H and O–H groups in total. The molecule has 0 aromatic heterocycles. The normalized spacial score (nSPS) is 13.4. The van der Waals surface area contributed by atoms with Gasteiger partial charge in [0.05, 0.1) is 16.2 Å². The van der Waals surface area contributed by atoms with Crippen molar-refractivity contribution in [1.82, 2.24) is 0 Å². The molecule has 0 amide bonds. The fourth-order valence-corrected chi connectivity index (χ4v) is 22.6. The monoisotopic (exact) mass is 1600 g/mol. The molecule has 27 rings (SSSR count). The van der Waals surface area contributed by atoms with Crippen LogP contribution >= 0.6 is 0 Å². The summed E-state index contributed by atoms with van der Waals surface area (Å²) in [5, 5.41) is 18.8. The zero-order valence-electron chi connectivity index (χ0n) is 69.0. The summed E-state index contributed by atoms with van der Waals surface area (Å²) in [6.07, 6.45) is 0. The molecule has 0 unspecified atom stereocenters. The quantitative estimate of drug-likeness (QED) is 0.135. The molecule has 0 saturated carbocycles. The van der Waals surface area contributed by atoms with Gasteiger partial charge < -0.3 is 16.0 Å². The number of anilines is 6. The Hall–Kier alpha value is -16.2. The van der Waals surface area contributed by atoms with E-state index in [2.05, 4.69) is 489 Å². The lowest BCUT2D eigenvalue weighted by molar-refractivity contribution is 0.794. The predicted octanol–water partition coefficient (Wildman–Crippen LogP) is 31.8. The fourth-order valence-electron chi connectivity index (χ4n) is 22.6. The van der Waals surface area contributed by atoms with Crippen LogP contribution in [0.2, 0.25) is 0 Å². The van der Waals surface area contributed by atoms with Gasteiger partial charge in [0.2, 0.25) is 0 Å². The number of hydrogen-bond acceptors (Lipinski definition) is 3. The summed E-state index contributed by atoms with van der Waals surface area (Å²) in [7, 11) is 0. The molecule has 21 aromatic carbocycles. The Bertz CT molecular complexity index is 7820. The summed E-state index contributed by atoms with van der Waals surface area (Å²) in [5.74, 6) is 0. The van der Waals surface area contributed by atoms with Gasteiger partial charge in [0.1, 0.15) is 0 Å². The number of fused-ring (bicyclic) bond motifs is 33. The highest BCUT2D eigenvalue weighted by Gasteiger charge is 2.55. The lowest BCUT2D eigenvalue weighted by Crippen LogP contribution is -2.25. The number of rotatable bonds is 9. The van der Waals surface area contributed by atoms with E-state index in [-0.39, 0.29) is 16.2 Å². The minimum absolute atomic E-state index is 0.324. The molecule has 0 radical (unpaired) electrons. The topological polar surface area (TPSA) is 36.1 Å². The number of hydrogen-bond donors (Lipinski definition) is 3. The molecule has 3 nitrogen and oxygen atoms in total. The van der Waals surface area contributed by atoms with E-state index in [1.54, 1.807) is 0 Å². The zero-order chi connectivity index (χ0) is 83.0. The summed E-state index contributed by atoms with van der Waals surface area (Å²) < 4.78 is 0. The maximum absolute atomic E-state index is 3.84. The van der Waals surface area contributed by atoms with Crippen LogP contribution < -0.4 is 16.0 Å². The van der Waals surface area contributed by atoms with Crippen molar-refractivity contribution in [2.75, 3.05) is 16.0 Å². The SMILES string of the molecule is c1ccc(-c2ccc(Nc3ccc4c(c3)C3(c5ccccc5-c5ccccc53)c3ccccc3-4)c3ccccc23)cc1.c1ccc(-c2ccc3cc(Nc4ccc5c(c4)C4(c6ccccc6-c6ccccc64)c4ccccc4-5)ccc3c2)cc1.c1ccc2c(c1)-c1ccccc1C21c2ccccc2-c2ccc(Nc3ccc(-c4cccc5ccccc45)cc3)cc21. The van der Waals surface area contributed by atoms with Gasteiger partial charge >= 0.3 is 0 Å². The fraction of sp³-hybridized carbons (Fsp3) is 0.0244. The van der Waals surface area contributed by atoms with E-state index in [1.807, 2.05) is 0 Å².